The number of nitrogens with zero attached hydrogens (tertiary/aromatic N) is 2. The van der Waals surface area contributed by atoms with Crippen LogP contribution in [0.2, 0.25) is 0 Å². The molecule has 144 valence electrons. The summed E-state index contributed by atoms with van der Waals surface area (Å²) >= 11 is 0. The monoisotopic (exact) mass is 462 g/mol. The van der Waals surface area contributed by atoms with E-state index in [2.05, 4.69) is 48.3 Å². The van der Waals surface area contributed by atoms with Crippen molar-refractivity contribution < 1.29 is 4.74 Å². The van der Waals surface area contributed by atoms with Crippen molar-refractivity contribution in [2.24, 2.45) is 4.99 Å². The van der Waals surface area contributed by atoms with Gasteiger partial charge in [-0.05, 0) is 53.3 Å². The number of unbranched alkanes of at least 4 members (excludes halogenated alkanes) is 1. The molecule has 0 amide bonds. The first kappa shape index (κ1) is 24.0. The van der Waals surface area contributed by atoms with Gasteiger partial charge in [0.2, 0.25) is 0 Å². The van der Waals surface area contributed by atoms with E-state index in [1.165, 1.54) is 6.42 Å². The normalized spacial score (nSPS) is 11.4. The van der Waals surface area contributed by atoms with Gasteiger partial charge < -0.3 is 20.3 Å². The Bertz CT molecular complexity index is 494. The largest absolute Gasteiger partial charge is 0.496 e. The average Bonchev–Trinajstić information content (AvgIpc) is 2.59. The van der Waals surface area contributed by atoms with Gasteiger partial charge in [-0.3, -0.25) is 0 Å². The number of benzene rings is 1. The molecule has 0 aromatic heterocycles. The van der Waals surface area contributed by atoms with Gasteiger partial charge in [-0.2, -0.15) is 0 Å². The maximum atomic E-state index is 5.38. The van der Waals surface area contributed by atoms with Crippen LogP contribution < -0.4 is 15.4 Å². The van der Waals surface area contributed by atoms with E-state index in [-0.39, 0.29) is 24.0 Å². The maximum Gasteiger partial charge on any atom is 0.191 e. The molecule has 6 heteroatoms. The Morgan fingerprint density at radius 3 is 2.56 bits per heavy atom. The van der Waals surface area contributed by atoms with Crippen LogP contribution in [0.5, 0.6) is 5.75 Å². The second-order valence-electron chi connectivity index (χ2n) is 6.22. The number of nitrogens with one attached hydrogen (secondary N) is 2. The summed E-state index contributed by atoms with van der Waals surface area (Å²) in [7, 11) is 3.87. The maximum absolute atomic E-state index is 5.38. The molecular formula is C19H35IN4O. The molecule has 5 nitrogen and oxygen atoms in total. The zero-order valence-electron chi connectivity index (χ0n) is 16.3. The number of guanidine groups is 1. The van der Waals surface area contributed by atoms with Gasteiger partial charge in [0.1, 0.15) is 5.75 Å². The number of para-hydroxylation sites is 1. The predicted molar refractivity (Wildman–Crippen MR) is 118 cm³/mol. The van der Waals surface area contributed by atoms with E-state index < -0.39 is 0 Å². The number of hydrogen-bond donors (Lipinski definition) is 2. The Labute approximate surface area is 170 Å². The molecule has 25 heavy (non-hydrogen) atoms. The lowest BCUT2D eigenvalue weighted by Gasteiger charge is -2.20. The van der Waals surface area contributed by atoms with Crippen molar-refractivity contribution in [3.8, 4) is 5.75 Å². The molecule has 0 saturated heterocycles. The van der Waals surface area contributed by atoms with Crippen LogP contribution in [-0.2, 0) is 6.54 Å². The Kier molecular flexibility index (Phi) is 13.6. The molecule has 2 N–H and O–H groups in total. The minimum Gasteiger partial charge on any atom is -0.496 e. The molecule has 1 aromatic rings. The number of rotatable bonds is 10. The van der Waals surface area contributed by atoms with E-state index in [0.717, 1.165) is 43.3 Å². The number of halogens is 1. The van der Waals surface area contributed by atoms with Crippen LogP contribution in [0.3, 0.4) is 0 Å². The van der Waals surface area contributed by atoms with Gasteiger partial charge >= 0.3 is 0 Å². The number of hydrogen-bond acceptors (Lipinski definition) is 3. The van der Waals surface area contributed by atoms with Crippen molar-refractivity contribution in [3.63, 3.8) is 0 Å². The molecule has 0 radical (unpaired) electrons. The fourth-order valence-corrected chi connectivity index (χ4v) is 2.29. The summed E-state index contributed by atoms with van der Waals surface area (Å²) in [4.78, 5) is 7.03. The summed E-state index contributed by atoms with van der Waals surface area (Å²) in [6, 6.07) is 8.62. The van der Waals surface area contributed by atoms with Gasteiger partial charge in [-0.15, -0.1) is 24.0 Å². The SMILES string of the molecule is CCNC(=NCc1ccccc1OC)NCCCCN(C)C(C)C.I. The van der Waals surface area contributed by atoms with Crippen LogP contribution in [0.4, 0.5) is 0 Å². The second kappa shape index (κ2) is 14.2. The molecule has 0 fully saturated rings. The average molecular weight is 462 g/mol. The van der Waals surface area contributed by atoms with Crippen LogP contribution >= 0.6 is 24.0 Å². The summed E-state index contributed by atoms with van der Waals surface area (Å²) in [5, 5.41) is 6.71. The molecule has 0 heterocycles. The third-order valence-electron chi connectivity index (χ3n) is 4.06. The molecule has 0 aliphatic carbocycles. The predicted octanol–water partition coefficient (Wildman–Crippen LogP) is 3.49. The van der Waals surface area contributed by atoms with E-state index in [9.17, 15) is 0 Å². The van der Waals surface area contributed by atoms with E-state index in [1.54, 1.807) is 7.11 Å². The molecular weight excluding hydrogens is 427 g/mol. The Balaban J connectivity index is 0.00000576. The highest BCUT2D eigenvalue weighted by molar-refractivity contribution is 14.0. The lowest BCUT2D eigenvalue weighted by molar-refractivity contribution is 0.268. The van der Waals surface area contributed by atoms with E-state index >= 15 is 0 Å². The molecule has 0 spiro atoms. The van der Waals surface area contributed by atoms with Crippen molar-refractivity contribution in [2.45, 2.75) is 46.2 Å². The number of ether oxygens (including phenoxy) is 1. The molecule has 0 aliphatic heterocycles. The van der Waals surface area contributed by atoms with Gasteiger partial charge in [0, 0.05) is 24.7 Å². The van der Waals surface area contributed by atoms with Crippen molar-refractivity contribution in [2.75, 3.05) is 33.8 Å². The standard InChI is InChI=1S/C19H34N4O.HI/c1-6-20-19(21-13-9-10-14-23(4)16(2)3)22-15-17-11-7-8-12-18(17)24-5;/h7-8,11-12,16H,6,9-10,13-15H2,1-5H3,(H2,20,21,22);1H. The minimum absolute atomic E-state index is 0. The van der Waals surface area contributed by atoms with Crippen molar-refractivity contribution in [1.82, 2.24) is 15.5 Å². The summed E-state index contributed by atoms with van der Waals surface area (Å²) in [6.45, 7) is 10.1. The van der Waals surface area contributed by atoms with Crippen LogP contribution in [0.15, 0.2) is 29.3 Å². The lowest BCUT2D eigenvalue weighted by Crippen LogP contribution is -2.38. The Morgan fingerprint density at radius 2 is 1.92 bits per heavy atom. The van der Waals surface area contributed by atoms with E-state index in [1.807, 2.05) is 24.3 Å². The third kappa shape index (κ3) is 9.89. The molecule has 0 atom stereocenters. The highest BCUT2D eigenvalue weighted by Crippen LogP contribution is 2.17. The van der Waals surface area contributed by atoms with E-state index in [4.69, 9.17) is 4.74 Å². The number of methoxy groups -OCH3 is 1. The molecule has 0 aliphatic rings. The topological polar surface area (TPSA) is 48.9 Å². The van der Waals surface area contributed by atoms with E-state index in [0.29, 0.717) is 12.6 Å². The molecule has 0 unspecified atom stereocenters. The minimum atomic E-state index is 0. The van der Waals surface area contributed by atoms with Crippen molar-refractivity contribution in [3.05, 3.63) is 29.8 Å². The fraction of sp³-hybridized carbons (Fsp3) is 0.632. The molecule has 1 rings (SSSR count). The third-order valence-corrected chi connectivity index (χ3v) is 4.06. The number of aliphatic imine (C=N–C) groups is 1. The van der Waals surface area contributed by atoms with Gasteiger partial charge in [0.15, 0.2) is 5.96 Å². The fourth-order valence-electron chi connectivity index (χ4n) is 2.29. The summed E-state index contributed by atoms with van der Waals surface area (Å²) < 4.78 is 5.38. The summed E-state index contributed by atoms with van der Waals surface area (Å²) in [6.07, 6.45) is 2.32. The zero-order valence-corrected chi connectivity index (χ0v) is 18.7. The lowest BCUT2D eigenvalue weighted by atomic mass is 10.2. The van der Waals surface area contributed by atoms with Crippen LogP contribution in [0, 0.1) is 0 Å². The van der Waals surface area contributed by atoms with Gasteiger partial charge in [-0.25, -0.2) is 4.99 Å². The quantitative estimate of drug-likeness (QED) is 0.242. The smallest absolute Gasteiger partial charge is 0.191 e. The molecule has 1 aromatic carbocycles. The van der Waals surface area contributed by atoms with Crippen LogP contribution in [-0.4, -0.2) is 50.7 Å². The van der Waals surface area contributed by atoms with Gasteiger partial charge in [0.05, 0.1) is 13.7 Å². The van der Waals surface area contributed by atoms with Crippen LogP contribution in [0.1, 0.15) is 39.2 Å². The highest BCUT2D eigenvalue weighted by atomic mass is 127. The first-order chi connectivity index (χ1) is 11.6. The van der Waals surface area contributed by atoms with Gasteiger partial charge in [0.25, 0.3) is 0 Å². The Morgan fingerprint density at radius 1 is 1.20 bits per heavy atom. The summed E-state index contributed by atoms with van der Waals surface area (Å²) in [5.41, 5.74) is 1.09. The van der Waals surface area contributed by atoms with Gasteiger partial charge in [-0.1, -0.05) is 18.2 Å². The zero-order chi connectivity index (χ0) is 17.8. The molecule has 0 saturated carbocycles. The first-order valence-corrected chi connectivity index (χ1v) is 8.92. The Hall–Kier alpha value is -1.02. The second-order valence-corrected chi connectivity index (χ2v) is 6.22. The molecule has 0 bridgehead atoms. The van der Waals surface area contributed by atoms with Crippen molar-refractivity contribution in [1.29, 1.82) is 0 Å². The first-order valence-electron chi connectivity index (χ1n) is 8.92. The summed E-state index contributed by atoms with van der Waals surface area (Å²) in [5.74, 6) is 1.74. The van der Waals surface area contributed by atoms with Crippen LogP contribution in [0.25, 0.3) is 0 Å². The van der Waals surface area contributed by atoms with Crippen molar-refractivity contribution >= 4 is 29.9 Å². The highest BCUT2D eigenvalue weighted by Gasteiger charge is 2.04.